The van der Waals surface area contributed by atoms with Crippen molar-refractivity contribution in [2.75, 3.05) is 26.2 Å². The van der Waals surface area contributed by atoms with Gasteiger partial charge in [-0.3, -0.25) is 4.79 Å². The summed E-state index contributed by atoms with van der Waals surface area (Å²) in [6.07, 6.45) is 1.52. The number of nitrogens with zero attached hydrogens (tertiary/aromatic N) is 2. The van der Waals surface area contributed by atoms with Crippen molar-refractivity contribution in [2.45, 2.75) is 53.1 Å². The molecule has 1 aliphatic heterocycles. The molecule has 2 N–H and O–H groups in total. The second-order valence-electron chi connectivity index (χ2n) is 7.37. The second-order valence-corrected chi connectivity index (χ2v) is 7.37. The number of guanidine groups is 1. The summed E-state index contributed by atoms with van der Waals surface area (Å²) in [6.45, 7) is 11.9. The Morgan fingerprint density at radius 1 is 1.36 bits per heavy atom. The van der Waals surface area contributed by atoms with Crippen LogP contribution in [0.5, 0.6) is 5.75 Å². The molecule has 1 fully saturated rings. The van der Waals surface area contributed by atoms with E-state index in [2.05, 4.69) is 37.5 Å². The minimum Gasteiger partial charge on any atom is -0.493 e. The van der Waals surface area contributed by atoms with Crippen LogP contribution < -0.4 is 15.4 Å². The van der Waals surface area contributed by atoms with Crippen molar-refractivity contribution in [3.63, 3.8) is 0 Å². The standard InChI is InChI=1S/C21H34N4O2.HI/c1-5-20(26)25-11-10-18(14-25)24-21(22-6-2)23-13-17-8-7-9-19(12-17)27-15-16(3)4;/h7-9,12,16,18H,5-6,10-11,13-15H2,1-4H3,(H2,22,23,24);1H. The molecule has 0 aliphatic carbocycles. The molecule has 1 amide bonds. The van der Waals surface area contributed by atoms with Crippen LogP contribution in [0.4, 0.5) is 0 Å². The molecule has 1 unspecified atom stereocenters. The molecule has 28 heavy (non-hydrogen) atoms. The van der Waals surface area contributed by atoms with Gasteiger partial charge in [-0.1, -0.05) is 32.9 Å². The fourth-order valence-electron chi connectivity index (χ4n) is 3.01. The van der Waals surface area contributed by atoms with Crippen molar-refractivity contribution in [3.05, 3.63) is 29.8 Å². The Morgan fingerprint density at radius 3 is 2.82 bits per heavy atom. The SMILES string of the molecule is CCNC(=NCc1cccc(OCC(C)C)c1)NC1CCN(C(=O)CC)C1.I. The Hall–Kier alpha value is -1.51. The largest absolute Gasteiger partial charge is 0.493 e. The summed E-state index contributed by atoms with van der Waals surface area (Å²) < 4.78 is 5.80. The molecule has 2 rings (SSSR count). The Morgan fingerprint density at radius 2 is 2.14 bits per heavy atom. The molecular weight excluding hydrogens is 467 g/mol. The fraction of sp³-hybridized carbons (Fsp3) is 0.619. The minimum absolute atomic E-state index is 0. The van der Waals surface area contributed by atoms with Crippen molar-refractivity contribution < 1.29 is 9.53 Å². The third kappa shape index (κ3) is 8.24. The Balaban J connectivity index is 0.00000392. The van der Waals surface area contributed by atoms with Gasteiger partial charge in [0.25, 0.3) is 0 Å². The number of carbonyl (C=O) groups is 1. The fourth-order valence-corrected chi connectivity index (χ4v) is 3.01. The Bertz CT molecular complexity index is 637. The number of hydrogen-bond donors (Lipinski definition) is 2. The lowest BCUT2D eigenvalue weighted by atomic mass is 10.2. The van der Waals surface area contributed by atoms with Gasteiger partial charge in [-0.25, -0.2) is 4.99 Å². The molecule has 1 aromatic rings. The monoisotopic (exact) mass is 502 g/mol. The molecule has 7 heteroatoms. The van der Waals surface area contributed by atoms with Gasteiger partial charge in [0, 0.05) is 32.1 Å². The van der Waals surface area contributed by atoms with Crippen LogP contribution in [-0.4, -0.2) is 49.0 Å². The van der Waals surface area contributed by atoms with Crippen molar-refractivity contribution in [2.24, 2.45) is 10.9 Å². The highest BCUT2D eigenvalue weighted by Crippen LogP contribution is 2.15. The highest BCUT2D eigenvalue weighted by Gasteiger charge is 2.25. The van der Waals surface area contributed by atoms with Gasteiger partial charge in [0.05, 0.1) is 13.2 Å². The van der Waals surface area contributed by atoms with E-state index in [0.717, 1.165) is 43.3 Å². The summed E-state index contributed by atoms with van der Waals surface area (Å²) in [4.78, 5) is 18.5. The lowest BCUT2D eigenvalue weighted by Gasteiger charge is -2.18. The van der Waals surface area contributed by atoms with Crippen LogP contribution >= 0.6 is 24.0 Å². The molecule has 0 bridgehead atoms. The maximum atomic E-state index is 11.8. The molecule has 1 atom stereocenters. The van der Waals surface area contributed by atoms with Crippen molar-refractivity contribution in [1.82, 2.24) is 15.5 Å². The minimum atomic E-state index is 0. The number of halogens is 1. The molecule has 1 aromatic carbocycles. The number of aliphatic imine (C=N–C) groups is 1. The molecule has 1 heterocycles. The molecule has 1 aliphatic rings. The van der Waals surface area contributed by atoms with Crippen LogP contribution in [0.3, 0.4) is 0 Å². The maximum absolute atomic E-state index is 11.8. The van der Waals surface area contributed by atoms with Crippen LogP contribution in [0.1, 0.15) is 46.1 Å². The van der Waals surface area contributed by atoms with Gasteiger partial charge in [-0.2, -0.15) is 0 Å². The average molecular weight is 502 g/mol. The van der Waals surface area contributed by atoms with E-state index < -0.39 is 0 Å². The van der Waals surface area contributed by atoms with Gasteiger partial charge in [-0.05, 0) is 37.0 Å². The van der Waals surface area contributed by atoms with Gasteiger partial charge in [0.15, 0.2) is 5.96 Å². The van der Waals surface area contributed by atoms with Gasteiger partial charge < -0.3 is 20.3 Å². The molecule has 0 radical (unpaired) electrons. The Kier molecular flexibility index (Phi) is 11.3. The average Bonchev–Trinajstić information content (AvgIpc) is 3.13. The smallest absolute Gasteiger partial charge is 0.222 e. The second kappa shape index (κ2) is 12.9. The third-order valence-electron chi connectivity index (χ3n) is 4.43. The zero-order chi connectivity index (χ0) is 19.6. The maximum Gasteiger partial charge on any atom is 0.222 e. The first kappa shape index (κ1) is 24.5. The number of ether oxygens (including phenoxy) is 1. The number of likely N-dealkylation sites (tertiary alicyclic amines) is 1. The van der Waals surface area contributed by atoms with E-state index in [0.29, 0.717) is 25.5 Å². The molecule has 0 aromatic heterocycles. The lowest BCUT2D eigenvalue weighted by Crippen LogP contribution is -2.45. The van der Waals surface area contributed by atoms with Crippen LogP contribution in [0.25, 0.3) is 0 Å². The predicted octanol–water partition coefficient (Wildman–Crippen LogP) is 3.41. The molecule has 0 saturated carbocycles. The first-order valence-electron chi connectivity index (χ1n) is 10.1. The van der Waals surface area contributed by atoms with Crippen LogP contribution in [0, 0.1) is 5.92 Å². The first-order chi connectivity index (χ1) is 13.0. The molecule has 0 spiro atoms. The van der Waals surface area contributed by atoms with Gasteiger partial charge in [0.2, 0.25) is 5.91 Å². The summed E-state index contributed by atoms with van der Waals surface area (Å²) in [5.41, 5.74) is 1.11. The van der Waals surface area contributed by atoms with E-state index >= 15 is 0 Å². The van der Waals surface area contributed by atoms with E-state index in [4.69, 9.17) is 9.73 Å². The van der Waals surface area contributed by atoms with Gasteiger partial charge >= 0.3 is 0 Å². The van der Waals surface area contributed by atoms with Crippen molar-refractivity contribution >= 4 is 35.8 Å². The van der Waals surface area contributed by atoms with E-state index in [1.165, 1.54) is 0 Å². The van der Waals surface area contributed by atoms with E-state index in [9.17, 15) is 4.79 Å². The quantitative estimate of drug-likeness (QED) is 0.325. The number of carbonyl (C=O) groups excluding carboxylic acids is 1. The van der Waals surface area contributed by atoms with Crippen LogP contribution in [0.2, 0.25) is 0 Å². The number of rotatable bonds is 8. The molecule has 1 saturated heterocycles. The zero-order valence-electron chi connectivity index (χ0n) is 17.5. The van der Waals surface area contributed by atoms with Crippen LogP contribution in [0.15, 0.2) is 29.3 Å². The van der Waals surface area contributed by atoms with E-state index in [-0.39, 0.29) is 35.9 Å². The highest BCUT2D eigenvalue weighted by molar-refractivity contribution is 14.0. The zero-order valence-corrected chi connectivity index (χ0v) is 19.9. The number of benzene rings is 1. The molecule has 6 nitrogen and oxygen atoms in total. The number of nitrogens with one attached hydrogen (secondary N) is 2. The summed E-state index contributed by atoms with van der Waals surface area (Å²) in [7, 11) is 0. The van der Waals surface area contributed by atoms with Gasteiger partial charge in [-0.15, -0.1) is 24.0 Å². The van der Waals surface area contributed by atoms with Crippen molar-refractivity contribution in [3.8, 4) is 5.75 Å². The van der Waals surface area contributed by atoms with Gasteiger partial charge in [0.1, 0.15) is 5.75 Å². The third-order valence-corrected chi connectivity index (χ3v) is 4.43. The normalized spacial score (nSPS) is 16.7. The van der Waals surface area contributed by atoms with E-state index in [1.54, 1.807) is 0 Å². The summed E-state index contributed by atoms with van der Waals surface area (Å²) in [6, 6.07) is 8.35. The topological polar surface area (TPSA) is 66.0 Å². The lowest BCUT2D eigenvalue weighted by molar-refractivity contribution is -0.129. The molecular formula is C21H35IN4O2. The van der Waals surface area contributed by atoms with Crippen molar-refractivity contribution in [1.29, 1.82) is 0 Å². The number of hydrogen-bond acceptors (Lipinski definition) is 3. The highest BCUT2D eigenvalue weighted by atomic mass is 127. The summed E-state index contributed by atoms with van der Waals surface area (Å²) >= 11 is 0. The molecule has 158 valence electrons. The van der Waals surface area contributed by atoms with E-state index in [1.807, 2.05) is 30.0 Å². The number of amides is 1. The summed E-state index contributed by atoms with van der Waals surface area (Å²) in [5, 5.41) is 6.76. The first-order valence-corrected chi connectivity index (χ1v) is 10.1. The predicted molar refractivity (Wildman–Crippen MR) is 125 cm³/mol. The van der Waals surface area contributed by atoms with Crippen LogP contribution in [-0.2, 0) is 11.3 Å². The summed E-state index contributed by atoms with van der Waals surface area (Å²) in [5.74, 6) is 2.40. The Labute approximate surface area is 186 Å².